The summed E-state index contributed by atoms with van der Waals surface area (Å²) in [5, 5.41) is 12.3. The fourth-order valence-electron chi connectivity index (χ4n) is 4.23. The number of allylic oxidation sites excluding steroid dienone is 2. The summed E-state index contributed by atoms with van der Waals surface area (Å²) in [6.45, 7) is 5.91. The van der Waals surface area contributed by atoms with Crippen molar-refractivity contribution in [1.29, 1.82) is 5.26 Å². The first-order valence-corrected chi connectivity index (χ1v) is 13.4. The molecule has 1 N–H and O–H groups in total. The molecule has 0 saturated carbocycles. The number of nitrogens with one attached hydrogen (secondary N) is 1. The molecule has 1 saturated heterocycles. The van der Waals surface area contributed by atoms with Crippen molar-refractivity contribution in [2.24, 2.45) is 0 Å². The largest absolute Gasteiger partial charge is 0.361 e. The minimum absolute atomic E-state index is 0.151. The van der Waals surface area contributed by atoms with Gasteiger partial charge in [0.05, 0.1) is 13.2 Å². The highest BCUT2D eigenvalue weighted by Crippen LogP contribution is 2.37. The molecule has 1 amide bonds. The number of carbonyl (C=O) groups is 1. The van der Waals surface area contributed by atoms with Crippen LogP contribution in [0.2, 0.25) is 12.6 Å². The summed E-state index contributed by atoms with van der Waals surface area (Å²) in [5.74, 6) is -1.02. The summed E-state index contributed by atoms with van der Waals surface area (Å²) in [7, 11) is 0.798. The number of hydrogen-bond donors (Lipinski definition) is 1. The normalized spacial score (nSPS) is 17.3. The molecule has 2 aliphatic rings. The summed E-state index contributed by atoms with van der Waals surface area (Å²) in [6, 6.07) is 8.84. The molecule has 9 heteroatoms. The van der Waals surface area contributed by atoms with Gasteiger partial charge in [0.25, 0.3) is 5.91 Å². The van der Waals surface area contributed by atoms with E-state index in [1.807, 2.05) is 25.1 Å². The van der Waals surface area contributed by atoms with Crippen LogP contribution in [-0.2, 0) is 26.7 Å². The first-order valence-electron chi connectivity index (χ1n) is 11.7. The topological polar surface area (TPSA) is 98.4 Å². The van der Waals surface area contributed by atoms with Gasteiger partial charge in [-0.05, 0) is 56.4 Å². The molecule has 1 aromatic heterocycles. The van der Waals surface area contributed by atoms with E-state index in [-0.39, 0.29) is 24.2 Å². The number of hydrogen-bond acceptors (Lipinski definition) is 6. The average Bonchev–Trinajstić information content (AvgIpc) is 3.49. The molecule has 1 fully saturated rings. The smallest absolute Gasteiger partial charge is 0.291 e. The van der Waals surface area contributed by atoms with Crippen molar-refractivity contribution in [2.75, 3.05) is 25.1 Å². The van der Waals surface area contributed by atoms with Crippen LogP contribution < -0.4 is 5.32 Å². The monoisotopic (exact) mass is 478 g/mol. The Kier molecular flexibility index (Phi) is 7.95. The summed E-state index contributed by atoms with van der Waals surface area (Å²) in [4.78, 5) is 17.5. The Morgan fingerprint density at radius 3 is 2.88 bits per heavy atom. The second-order valence-corrected chi connectivity index (χ2v) is 9.71. The van der Waals surface area contributed by atoms with E-state index in [0.717, 1.165) is 46.0 Å². The maximum Gasteiger partial charge on any atom is 0.291 e. The zero-order chi connectivity index (χ0) is 24.0. The molecule has 2 radical (unpaired) electrons. The van der Waals surface area contributed by atoms with Crippen molar-refractivity contribution >= 4 is 26.7 Å². The van der Waals surface area contributed by atoms with Gasteiger partial charge in [0.2, 0.25) is 5.82 Å². The molecule has 178 valence electrons. The van der Waals surface area contributed by atoms with Gasteiger partial charge in [0.1, 0.15) is 12.8 Å². The van der Waals surface area contributed by atoms with Crippen LogP contribution in [0.15, 0.2) is 30.5 Å². The van der Waals surface area contributed by atoms with Gasteiger partial charge in [-0.2, -0.15) is 5.26 Å². The minimum Gasteiger partial charge on any atom is -0.361 e. The molecule has 1 aromatic carbocycles. The second-order valence-electron chi connectivity index (χ2n) is 8.50. The highest BCUT2D eigenvalue weighted by molar-refractivity contribution is 6.33. The van der Waals surface area contributed by atoms with Crippen LogP contribution in [0.25, 0.3) is 5.57 Å². The van der Waals surface area contributed by atoms with Gasteiger partial charge >= 0.3 is 0 Å². The summed E-state index contributed by atoms with van der Waals surface area (Å²) in [6.07, 6.45) is 8.04. The van der Waals surface area contributed by atoms with E-state index in [9.17, 15) is 10.1 Å². The van der Waals surface area contributed by atoms with Gasteiger partial charge in [0, 0.05) is 39.1 Å². The number of nitrogens with zero attached hydrogens (tertiary/aromatic N) is 3. The molecule has 0 spiro atoms. The number of anilines is 1. The first kappa shape index (κ1) is 24.4. The van der Waals surface area contributed by atoms with Crippen LogP contribution in [-0.4, -0.2) is 44.8 Å². The number of imidazole rings is 1. The van der Waals surface area contributed by atoms with Crippen LogP contribution in [0.3, 0.4) is 0 Å². The van der Waals surface area contributed by atoms with Crippen molar-refractivity contribution in [1.82, 2.24) is 9.55 Å². The van der Waals surface area contributed by atoms with E-state index in [1.54, 1.807) is 10.8 Å². The third-order valence-corrected chi connectivity index (χ3v) is 6.79. The standard InChI is InChI=1S/C25H30N4O4Si/c1-25(32-10-11-33-25)19-8-9-22(21(14-19)18-6-4-3-5-7-18)28-24(30)23-27-20(15-26)16-29(23)17-31-12-13-34-2/h6,8-9,14,16H,3-5,7,10-13,17H2,1-2H3,(H,28,30). The lowest BCUT2D eigenvalue weighted by atomic mass is 9.90. The van der Waals surface area contributed by atoms with E-state index in [4.69, 9.17) is 14.2 Å². The molecular weight excluding hydrogens is 448 g/mol. The summed E-state index contributed by atoms with van der Waals surface area (Å²) in [5.41, 5.74) is 3.96. The lowest BCUT2D eigenvalue weighted by molar-refractivity contribution is -0.149. The molecule has 1 aliphatic carbocycles. The van der Waals surface area contributed by atoms with Gasteiger partial charge in [-0.25, -0.2) is 4.98 Å². The molecule has 4 rings (SSSR count). The maximum atomic E-state index is 13.3. The van der Waals surface area contributed by atoms with Crippen LogP contribution in [0, 0.1) is 11.3 Å². The summed E-state index contributed by atoms with van der Waals surface area (Å²) >= 11 is 0. The molecule has 2 heterocycles. The zero-order valence-electron chi connectivity index (χ0n) is 19.7. The van der Waals surface area contributed by atoms with Gasteiger partial charge in [0.15, 0.2) is 11.5 Å². The fourth-order valence-corrected chi connectivity index (χ4v) is 4.58. The maximum absolute atomic E-state index is 13.3. The number of carbonyl (C=O) groups excluding carboxylic acids is 1. The molecule has 0 unspecified atom stereocenters. The van der Waals surface area contributed by atoms with E-state index < -0.39 is 5.79 Å². The van der Waals surface area contributed by atoms with Crippen molar-refractivity contribution < 1.29 is 19.0 Å². The SMILES string of the molecule is C[Si]CCOCn1cc(C#N)nc1C(=O)Nc1ccc(C2(C)OCCO2)cc1C1=CCCCC1. The Hall–Kier alpha value is -2.77. The van der Waals surface area contributed by atoms with Crippen LogP contribution in [0.1, 0.15) is 60.0 Å². The molecule has 1 aliphatic heterocycles. The molecular formula is C25H30N4O4Si. The predicted molar refractivity (Wildman–Crippen MR) is 129 cm³/mol. The zero-order valence-corrected chi connectivity index (χ0v) is 20.7. The highest BCUT2D eigenvalue weighted by atomic mass is 28.2. The highest BCUT2D eigenvalue weighted by Gasteiger charge is 2.34. The van der Waals surface area contributed by atoms with E-state index in [2.05, 4.69) is 29.0 Å². The third kappa shape index (κ3) is 5.47. The van der Waals surface area contributed by atoms with E-state index >= 15 is 0 Å². The van der Waals surface area contributed by atoms with Gasteiger partial charge in [-0.1, -0.05) is 18.7 Å². The van der Waals surface area contributed by atoms with Crippen molar-refractivity contribution in [3.63, 3.8) is 0 Å². The number of benzene rings is 1. The lowest BCUT2D eigenvalue weighted by Gasteiger charge is -2.25. The molecule has 8 nitrogen and oxygen atoms in total. The van der Waals surface area contributed by atoms with Gasteiger partial charge < -0.3 is 24.1 Å². The van der Waals surface area contributed by atoms with Gasteiger partial charge in [-0.3, -0.25) is 4.79 Å². The Labute approximate surface area is 202 Å². The van der Waals surface area contributed by atoms with E-state index in [1.165, 1.54) is 12.0 Å². The number of rotatable bonds is 9. The van der Waals surface area contributed by atoms with Gasteiger partial charge in [-0.15, -0.1) is 0 Å². The third-order valence-electron chi connectivity index (χ3n) is 6.09. The average molecular weight is 479 g/mol. The first-order chi connectivity index (χ1) is 16.5. The number of aromatic nitrogens is 2. The molecule has 0 bridgehead atoms. The Morgan fingerprint density at radius 1 is 1.35 bits per heavy atom. The molecule has 0 atom stereocenters. The predicted octanol–water partition coefficient (Wildman–Crippen LogP) is 4.33. The number of nitriles is 1. The van der Waals surface area contributed by atoms with Crippen molar-refractivity contribution in [3.8, 4) is 6.07 Å². The van der Waals surface area contributed by atoms with E-state index in [0.29, 0.717) is 25.5 Å². The molecule has 34 heavy (non-hydrogen) atoms. The quantitative estimate of drug-likeness (QED) is 0.426. The lowest BCUT2D eigenvalue weighted by Crippen LogP contribution is -2.23. The van der Waals surface area contributed by atoms with Crippen LogP contribution >= 0.6 is 0 Å². The van der Waals surface area contributed by atoms with Crippen molar-refractivity contribution in [2.45, 2.75) is 57.7 Å². The number of ether oxygens (including phenoxy) is 3. The molecule has 2 aromatic rings. The van der Waals surface area contributed by atoms with Crippen molar-refractivity contribution in [3.05, 3.63) is 53.1 Å². The minimum atomic E-state index is -0.791. The van der Waals surface area contributed by atoms with Crippen LogP contribution in [0.4, 0.5) is 5.69 Å². The Bertz CT molecular complexity index is 1100. The Morgan fingerprint density at radius 2 is 2.18 bits per heavy atom. The number of amides is 1. The van der Waals surface area contributed by atoms with Crippen LogP contribution in [0.5, 0.6) is 0 Å². The second kappa shape index (κ2) is 11.1. The Balaban J connectivity index is 1.62. The summed E-state index contributed by atoms with van der Waals surface area (Å²) < 4.78 is 19.0. The fraction of sp³-hybridized carbons (Fsp3) is 0.480.